The van der Waals surface area contributed by atoms with Crippen LogP contribution in [0.5, 0.6) is 5.75 Å². The van der Waals surface area contributed by atoms with Crippen LogP contribution < -0.4 is 16.0 Å². The van der Waals surface area contributed by atoms with Gasteiger partial charge < -0.3 is 10.2 Å². The molecule has 7 nitrogen and oxygen atoms in total. The summed E-state index contributed by atoms with van der Waals surface area (Å²) in [5, 5.41) is 11.3. The number of hydrazine groups is 1. The summed E-state index contributed by atoms with van der Waals surface area (Å²) in [5.41, 5.74) is 2.96. The maximum Gasteiger partial charge on any atom is 0.313 e. The second-order valence-electron chi connectivity index (χ2n) is 3.98. The number of benzene rings is 1. The van der Waals surface area contributed by atoms with Crippen molar-refractivity contribution >= 4 is 39.0 Å². The average molecular weight is 374 g/mol. The molecule has 0 fully saturated rings. The number of nitro groups is 1. The molecule has 3 N–H and O–H groups in total. The largest absolute Gasteiger partial charge is 0.481 e. The average Bonchev–Trinajstić information content (AvgIpc) is 2.45. The third-order valence-corrected chi connectivity index (χ3v) is 3.35. The highest BCUT2D eigenvalue weighted by Crippen LogP contribution is 2.38. The number of anilines is 1. The lowest BCUT2D eigenvalue weighted by Gasteiger charge is -2.10. The van der Waals surface area contributed by atoms with E-state index in [0.29, 0.717) is 10.3 Å². The number of pyridine rings is 1. The van der Waals surface area contributed by atoms with Crippen molar-refractivity contribution in [2.24, 2.45) is 5.84 Å². The highest BCUT2D eigenvalue weighted by atomic mass is 79.9. The van der Waals surface area contributed by atoms with Gasteiger partial charge in [0.25, 0.3) is 0 Å². The molecule has 0 aliphatic carbocycles. The summed E-state index contributed by atoms with van der Waals surface area (Å²) in [6.45, 7) is 0.123. The Morgan fingerprint density at radius 2 is 2.24 bits per heavy atom. The van der Waals surface area contributed by atoms with Gasteiger partial charge in [-0.15, -0.1) is 0 Å². The van der Waals surface area contributed by atoms with E-state index in [0.717, 1.165) is 5.56 Å². The van der Waals surface area contributed by atoms with Crippen LogP contribution in [-0.2, 0) is 6.61 Å². The van der Waals surface area contributed by atoms with Crippen molar-refractivity contribution in [1.29, 1.82) is 0 Å². The molecule has 2 rings (SSSR count). The van der Waals surface area contributed by atoms with E-state index in [-0.39, 0.29) is 23.1 Å². The molecule has 21 heavy (non-hydrogen) atoms. The summed E-state index contributed by atoms with van der Waals surface area (Å²) in [4.78, 5) is 14.5. The zero-order valence-electron chi connectivity index (χ0n) is 10.5. The number of nitrogen functional groups attached to an aromatic ring is 1. The lowest BCUT2D eigenvalue weighted by Crippen LogP contribution is -2.09. The summed E-state index contributed by atoms with van der Waals surface area (Å²) < 4.78 is 5.94. The third-order valence-electron chi connectivity index (χ3n) is 2.54. The Balaban J connectivity index is 2.25. The van der Waals surface area contributed by atoms with Gasteiger partial charge in [0.1, 0.15) is 12.4 Å². The fraction of sp³-hybridized carbons (Fsp3) is 0.0833. The van der Waals surface area contributed by atoms with Crippen molar-refractivity contribution in [3.63, 3.8) is 0 Å². The van der Waals surface area contributed by atoms with Crippen LogP contribution in [0.4, 0.5) is 11.5 Å². The molecule has 9 heteroatoms. The second kappa shape index (κ2) is 6.70. The summed E-state index contributed by atoms with van der Waals surface area (Å²) in [6, 6.07) is 6.16. The second-order valence-corrected chi connectivity index (χ2v) is 5.27. The lowest BCUT2D eigenvalue weighted by molar-refractivity contribution is -0.386. The number of ether oxygens (including phenoxy) is 1. The van der Waals surface area contributed by atoms with Gasteiger partial charge in [0, 0.05) is 17.3 Å². The van der Waals surface area contributed by atoms with Crippen LogP contribution in [0.15, 0.2) is 34.9 Å². The number of rotatable bonds is 5. The quantitative estimate of drug-likeness (QED) is 0.473. The van der Waals surface area contributed by atoms with Gasteiger partial charge in [0.2, 0.25) is 5.75 Å². The Morgan fingerprint density at radius 3 is 2.90 bits per heavy atom. The normalized spacial score (nSPS) is 10.2. The maximum atomic E-state index is 11.0. The van der Waals surface area contributed by atoms with Crippen molar-refractivity contribution in [2.75, 3.05) is 5.43 Å². The minimum Gasteiger partial charge on any atom is -0.481 e. The zero-order chi connectivity index (χ0) is 15.4. The molecule has 0 radical (unpaired) electrons. The van der Waals surface area contributed by atoms with E-state index < -0.39 is 4.92 Å². The van der Waals surface area contributed by atoms with E-state index >= 15 is 0 Å². The van der Waals surface area contributed by atoms with Crippen LogP contribution in [-0.4, -0.2) is 9.91 Å². The number of halogens is 2. The van der Waals surface area contributed by atoms with Gasteiger partial charge in [-0.05, 0) is 39.7 Å². The first kappa shape index (κ1) is 15.5. The van der Waals surface area contributed by atoms with Gasteiger partial charge in [-0.2, -0.15) is 0 Å². The molecule has 0 amide bonds. The number of nitrogens with zero attached hydrogens (tertiary/aromatic N) is 2. The number of hydrogen-bond donors (Lipinski definition) is 2. The first-order valence-electron chi connectivity index (χ1n) is 5.69. The van der Waals surface area contributed by atoms with Crippen LogP contribution in [0.2, 0.25) is 5.02 Å². The van der Waals surface area contributed by atoms with Crippen molar-refractivity contribution < 1.29 is 9.66 Å². The van der Waals surface area contributed by atoms with Crippen LogP contribution in [0.3, 0.4) is 0 Å². The maximum absolute atomic E-state index is 11.0. The molecule has 1 heterocycles. The fourth-order valence-electron chi connectivity index (χ4n) is 1.62. The van der Waals surface area contributed by atoms with E-state index in [1.807, 2.05) is 0 Å². The fourth-order valence-corrected chi connectivity index (χ4v) is 2.53. The van der Waals surface area contributed by atoms with E-state index in [2.05, 4.69) is 26.3 Å². The SMILES string of the molecule is NNc1cc(COc2c(Br)cc(Cl)cc2[N+](=O)[O-])ccn1. The molecule has 0 unspecified atom stereocenters. The number of nitrogens with one attached hydrogen (secondary N) is 1. The predicted octanol–water partition coefficient (Wildman–Crippen LogP) is 3.27. The van der Waals surface area contributed by atoms with E-state index in [4.69, 9.17) is 22.2 Å². The van der Waals surface area contributed by atoms with Crippen molar-refractivity contribution in [3.8, 4) is 5.75 Å². The van der Waals surface area contributed by atoms with Gasteiger partial charge in [0.05, 0.1) is 9.40 Å². The highest BCUT2D eigenvalue weighted by molar-refractivity contribution is 9.10. The predicted molar refractivity (Wildman–Crippen MR) is 82.2 cm³/mol. The molecular weight excluding hydrogens is 364 g/mol. The molecule has 0 aliphatic rings. The monoisotopic (exact) mass is 372 g/mol. The molecule has 0 atom stereocenters. The van der Waals surface area contributed by atoms with Crippen LogP contribution in [0, 0.1) is 10.1 Å². The van der Waals surface area contributed by atoms with E-state index in [1.165, 1.54) is 12.1 Å². The summed E-state index contributed by atoms with van der Waals surface area (Å²) in [7, 11) is 0. The Hall–Kier alpha value is -1.90. The minimum absolute atomic E-state index is 0.114. The molecule has 0 spiro atoms. The summed E-state index contributed by atoms with van der Waals surface area (Å²) in [6.07, 6.45) is 1.55. The minimum atomic E-state index is -0.550. The molecule has 0 bridgehead atoms. The third kappa shape index (κ3) is 3.81. The van der Waals surface area contributed by atoms with Crippen LogP contribution in [0.25, 0.3) is 0 Å². The molecule has 0 aliphatic heterocycles. The van der Waals surface area contributed by atoms with E-state index in [1.54, 1.807) is 18.3 Å². The van der Waals surface area contributed by atoms with Crippen molar-refractivity contribution in [2.45, 2.75) is 6.61 Å². The van der Waals surface area contributed by atoms with Gasteiger partial charge in [-0.1, -0.05) is 11.6 Å². The molecule has 1 aromatic carbocycles. The Labute approximate surface area is 133 Å². The number of hydrogen-bond acceptors (Lipinski definition) is 6. The molecule has 1 aromatic heterocycles. The molecule has 110 valence electrons. The lowest BCUT2D eigenvalue weighted by atomic mass is 10.2. The highest BCUT2D eigenvalue weighted by Gasteiger charge is 2.20. The topological polar surface area (TPSA) is 103 Å². The molecule has 0 saturated carbocycles. The Bertz CT molecular complexity index is 684. The first-order chi connectivity index (χ1) is 10.0. The van der Waals surface area contributed by atoms with Gasteiger partial charge >= 0.3 is 5.69 Å². The summed E-state index contributed by atoms with van der Waals surface area (Å²) >= 11 is 9.01. The van der Waals surface area contributed by atoms with Gasteiger partial charge in [0.15, 0.2) is 0 Å². The van der Waals surface area contributed by atoms with E-state index in [9.17, 15) is 10.1 Å². The Kier molecular flexibility index (Phi) is 4.94. The van der Waals surface area contributed by atoms with Gasteiger partial charge in [-0.3, -0.25) is 10.1 Å². The summed E-state index contributed by atoms with van der Waals surface area (Å²) in [5.74, 6) is 5.85. The zero-order valence-corrected chi connectivity index (χ0v) is 12.9. The Morgan fingerprint density at radius 1 is 1.48 bits per heavy atom. The standard InChI is InChI=1S/C12H10BrClN4O3/c13-9-4-8(14)5-10(18(19)20)12(9)21-6-7-1-2-16-11(3-7)17-15/h1-5H,6,15H2,(H,16,17). The first-order valence-corrected chi connectivity index (χ1v) is 6.86. The number of aromatic nitrogens is 1. The molecule has 2 aromatic rings. The smallest absolute Gasteiger partial charge is 0.313 e. The van der Waals surface area contributed by atoms with Crippen molar-refractivity contribution in [1.82, 2.24) is 4.98 Å². The molecular formula is C12H10BrClN4O3. The van der Waals surface area contributed by atoms with Crippen molar-refractivity contribution in [3.05, 3.63) is 55.6 Å². The number of nitro benzene ring substituents is 1. The van der Waals surface area contributed by atoms with Crippen LogP contribution in [0.1, 0.15) is 5.56 Å². The molecule has 0 saturated heterocycles. The van der Waals surface area contributed by atoms with Crippen LogP contribution >= 0.6 is 27.5 Å². The van der Waals surface area contributed by atoms with Gasteiger partial charge in [-0.25, -0.2) is 10.8 Å². The number of nitrogens with two attached hydrogens (primary N) is 1.